The molecule has 0 bridgehead atoms. The zero-order valence-corrected chi connectivity index (χ0v) is 9.87. The number of aromatic nitrogens is 2. The van der Waals surface area contributed by atoms with E-state index in [9.17, 15) is 0 Å². The summed E-state index contributed by atoms with van der Waals surface area (Å²) < 4.78 is 3.03. The number of hydrogen-bond donors (Lipinski definition) is 1. The summed E-state index contributed by atoms with van der Waals surface area (Å²) in [6, 6.07) is 0.429. The highest BCUT2D eigenvalue weighted by Crippen LogP contribution is 2.18. The third-order valence-corrected chi connectivity index (χ3v) is 2.75. The van der Waals surface area contributed by atoms with Gasteiger partial charge in [0.1, 0.15) is 0 Å². The minimum atomic E-state index is 0.429. The Kier molecular flexibility index (Phi) is 3.93. The summed E-state index contributed by atoms with van der Waals surface area (Å²) in [6.07, 6.45) is 3.83. The first-order chi connectivity index (χ1) is 6.15. The fourth-order valence-electron chi connectivity index (χ4n) is 1.29. The van der Waals surface area contributed by atoms with Crippen LogP contribution < -0.4 is 5.32 Å². The molecule has 0 fully saturated rings. The van der Waals surface area contributed by atoms with Crippen LogP contribution in [-0.4, -0.2) is 23.4 Å². The topological polar surface area (TPSA) is 29.9 Å². The second-order valence-corrected chi connectivity index (χ2v) is 4.33. The predicted molar refractivity (Wildman–Crippen MR) is 57.7 cm³/mol. The van der Waals surface area contributed by atoms with Crippen LogP contribution in [0.1, 0.15) is 19.9 Å². The minimum absolute atomic E-state index is 0.429. The van der Waals surface area contributed by atoms with Crippen LogP contribution in [-0.2, 0) is 0 Å². The van der Waals surface area contributed by atoms with E-state index in [1.807, 2.05) is 24.1 Å². The van der Waals surface area contributed by atoms with Gasteiger partial charge in [-0.05, 0) is 42.4 Å². The maximum absolute atomic E-state index is 4.26. The predicted octanol–water partition coefficient (Wildman–Crippen LogP) is 2.06. The Morgan fingerprint density at radius 1 is 1.62 bits per heavy atom. The standard InChI is InChI=1S/C9H16BrN3/c1-7(4-11-3)8(2)13-6-9(10)5-12-13/h5-8,11H,4H2,1-3H3. The number of halogens is 1. The second-order valence-electron chi connectivity index (χ2n) is 3.41. The third kappa shape index (κ3) is 2.81. The van der Waals surface area contributed by atoms with Gasteiger partial charge in [0.2, 0.25) is 0 Å². The molecule has 0 aromatic carbocycles. The van der Waals surface area contributed by atoms with Gasteiger partial charge >= 0.3 is 0 Å². The molecule has 2 unspecified atom stereocenters. The molecule has 4 heteroatoms. The Morgan fingerprint density at radius 2 is 2.31 bits per heavy atom. The first-order valence-electron chi connectivity index (χ1n) is 4.49. The maximum atomic E-state index is 4.26. The summed E-state index contributed by atoms with van der Waals surface area (Å²) >= 11 is 3.39. The highest BCUT2D eigenvalue weighted by molar-refractivity contribution is 9.10. The van der Waals surface area contributed by atoms with Crippen molar-refractivity contribution in [3.05, 3.63) is 16.9 Å². The van der Waals surface area contributed by atoms with Gasteiger partial charge in [0.25, 0.3) is 0 Å². The molecule has 74 valence electrons. The number of nitrogens with zero attached hydrogens (tertiary/aromatic N) is 2. The largest absolute Gasteiger partial charge is 0.319 e. The van der Waals surface area contributed by atoms with Crippen molar-refractivity contribution < 1.29 is 0 Å². The van der Waals surface area contributed by atoms with E-state index < -0.39 is 0 Å². The lowest BCUT2D eigenvalue weighted by Gasteiger charge is -2.19. The molecule has 0 amide bonds. The Morgan fingerprint density at radius 3 is 2.77 bits per heavy atom. The average molecular weight is 246 g/mol. The van der Waals surface area contributed by atoms with Crippen molar-refractivity contribution in [3.8, 4) is 0 Å². The van der Waals surface area contributed by atoms with E-state index in [1.54, 1.807) is 0 Å². The van der Waals surface area contributed by atoms with Gasteiger partial charge in [0, 0.05) is 6.20 Å². The molecule has 0 spiro atoms. The van der Waals surface area contributed by atoms with E-state index >= 15 is 0 Å². The highest BCUT2D eigenvalue weighted by atomic mass is 79.9. The van der Waals surface area contributed by atoms with Gasteiger partial charge < -0.3 is 5.32 Å². The Hall–Kier alpha value is -0.350. The van der Waals surface area contributed by atoms with Crippen molar-refractivity contribution in [3.63, 3.8) is 0 Å². The van der Waals surface area contributed by atoms with Gasteiger partial charge in [-0.2, -0.15) is 5.10 Å². The zero-order valence-electron chi connectivity index (χ0n) is 8.29. The molecule has 0 saturated heterocycles. The van der Waals surface area contributed by atoms with Crippen molar-refractivity contribution in [2.45, 2.75) is 19.9 Å². The van der Waals surface area contributed by atoms with Crippen LogP contribution in [0.15, 0.2) is 16.9 Å². The first kappa shape index (κ1) is 10.7. The Bertz CT molecular complexity index is 259. The van der Waals surface area contributed by atoms with Crippen LogP contribution in [0.25, 0.3) is 0 Å². The molecule has 2 atom stereocenters. The Labute approximate surface area is 87.6 Å². The molecule has 0 aliphatic carbocycles. The molecule has 0 saturated carbocycles. The summed E-state index contributed by atoms with van der Waals surface area (Å²) in [5.74, 6) is 0.580. The van der Waals surface area contributed by atoms with E-state index in [-0.39, 0.29) is 0 Å². The molecule has 1 N–H and O–H groups in total. The van der Waals surface area contributed by atoms with E-state index in [0.717, 1.165) is 11.0 Å². The molecule has 3 nitrogen and oxygen atoms in total. The average Bonchev–Trinajstić information content (AvgIpc) is 2.51. The maximum Gasteiger partial charge on any atom is 0.0632 e. The van der Waals surface area contributed by atoms with Gasteiger partial charge in [-0.3, -0.25) is 4.68 Å². The van der Waals surface area contributed by atoms with Crippen molar-refractivity contribution in [2.24, 2.45) is 5.92 Å². The quantitative estimate of drug-likeness (QED) is 0.881. The van der Waals surface area contributed by atoms with Gasteiger partial charge in [-0.25, -0.2) is 0 Å². The molecule has 1 aromatic heterocycles. The first-order valence-corrected chi connectivity index (χ1v) is 5.28. The van der Waals surface area contributed by atoms with Gasteiger partial charge in [-0.15, -0.1) is 0 Å². The van der Waals surface area contributed by atoms with E-state index in [0.29, 0.717) is 12.0 Å². The second kappa shape index (κ2) is 4.77. The summed E-state index contributed by atoms with van der Waals surface area (Å²) in [5.41, 5.74) is 0. The summed E-state index contributed by atoms with van der Waals surface area (Å²) in [5, 5.41) is 7.43. The van der Waals surface area contributed by atoms with Gasteiger partial charge in [0.15, 0.2) is 0 Å². The van der Waals surface area contributed by atoms with Gasteiger partial charge in [-0.1, -0.05) is 6.92 Å². The van der Waals surface area contributed by atoms with Crippen molar-refractivity contribution in [1.29, 1.82) is 0 Å². The van der Waals surface area contributed by atoms with Crippen LogP contribution in [0.2, 0.25) is 0 Å². The molecule has 1 heterocycles. The van der Waals surface area contributed by atoms with E-state index in [1.165, 1.54) is 0 Å². The highest BCUT2D eigenvalue weighted by Gasteiger charge is 2.13. The molecule has 1 rings (SSSR count). The fraction of sp³-hybridized carbons (Fsp3) is 0.667. The lowest BCUT2D eigenvalue weighted by atomic mass is 10.0. The fourth-order valence-corrected chi connectivity index (χ4v) is 1.59. The van der Waals surface area contributed by atoms with E-state index in [2.05, 4.69) is 40.2 Å². The SMILES string of the molecule is CNCC(C)C(C)n1cc(Br)cn1. The minimum Gasteiger partial charge on any atom is -0.319 e. The third-order valence-electron chi connectivity index (χ3n) is 2.34. The summed E-state index contributed by atoms with van der Waals surface area (Å²) in [4.78, 5) is 0. The normalized spacial score (nSPS) is 15.7. The molecular formula is C9H16BrN3. The van der Waals surface area contributed by atoms with Crippen molar-refractivity contribution in [1.82, 2.24) is 15.1 Å². The van der Waals surface area contributed by atoms with Crippen LogP contribution >= 0.6 is 15.9 Å². The molecule has 1 aromatic rings. The van der Waals surface area contributed by atoms with Crippen LogP contribution in [0.3, 0.4) is 0 Å². The number of rotatable bonds is 4. The smallest absolute Gasteiger partial charge is 0.0632 e. The monoisotopic (exact) mass is 245 g/mol. The number of hydrogen-bond acceptors (Lipinski definition) is 2. The molecule has 0 aliphatic rings. The number of nitrogens with one attached hydrogen (secondary N) is 1. The lowest BCUT2D eigenvalue weighted by molar-refractivity contribution is 0.344. The van der Waals surface area contributed by atoms with Crippen LogP contribution in [0.5, 0.6) is 0 Å². The van der Waals surface area contributed by atoms with Crippen LogP contribution in [0, 0.1) is 5.92 Å². The molecular weight excluding hydrogens is 230 g/mol. The summed E-state index contributed by atoms with van der Waals surface area (Å²) in [6.45, 7) is 5.41. The van der Waals surface area contributed by atoms with Gasteiger partial charge in [0.05, 0.1) is 16.7 Å². The molecule has 0 radical (unpaired) electrons. The van der Waals surface area contributed by atoms with Crippen LogP contribution in [0.4, 0.5) is 0 Å². The molecule has 13 heavy (non-hydrogen) atoms. The van der Waals surface area contributed by atoms with Crippen molar-refractivity contribution >= 4 is 15.9 Å². The zero-order chi connectivity index (χ0) is 9.84. The lowest BCUT2D eigenvalue weighted by Crippen LogP contribution is -2.24. The molecule has 0 aliphatic heterocycles. The Balaban J connectivity index is 2.61. The summed E-state index contributed by atoms with van der Waals surface area (Å²) in [7, 11) is 1.97. The van der Waals surface area contributed by atoms with Crippen molar-refractivity contribution in [2.75, 3.05) is 13.6 Å². The van der Waals surface area contributed by atoms with E-state index in [4.69, 9.17) is 0 Å².